The van der Waals surface area contributed by atoms with Crippen LogP contribution in [0.1, 0.15) is 78.5 Å². The van der Waals surface area contributed by atoms with Crippen LogP contribution >= 0.6 is 0 Å². The van der Waals surface area contributed by atoms with Crippen molar-refractivity contribution < 1.29 is 0 Å². The van der Waals surface area contributed by atoms with Gasteiger partial charge >= 0.3 is 0 Å². The van der Waals surface area contributed by atoms with Crippen LogP contribution in [-0.2, 0) is 13.0 Å². The summed E-state index contributed by atoms with van der Waals surface area (Å²) in [5, 5.41) is 15.4. The van der Waals surface area contributed by atoms with Crippen LogP contribution in [-0.4, -0.2) is 39.4 Å². The summed E-state index contributed by atoms with van der Waals surface area (Å²) in [7, 11) is 0. The van der Waals surface area contributed by atoms with Crippen LogP contribution in [0.15, 0.2) is 11.3 Å². The van der Waals surface area contributed by atoms with Gasteiger partial charge in [-0.25, -0.2) is 0 Å². The van der Waals surface area contributed by atoms with E-state index in [1.54, 1.807) is 6.33 Å². The molecule has 1 aliphatic rings. The first-order chi connectivity index (χ1) is 12.6. The predicted molar refractivity (Wildman–Crippen MR) is 108 cm³/mol. The molecule has 1 unspecified atom stereocenters. The van der Waals surface area contributed by atoms with Crippen LogP contribution in [0, 0.1) is 5.92 Å². The number of hydrogen-bond donors (Lipinski definition) is 2. The van der Waals surface area contributed by atoms with Gasteiger partial charge < -0.3 is 15.2 Å². The molecular weight excluding hydrogens is 324 g/mol. The van der Waals surface area contributed by atoms with E-state index in [1.165, 1.54) is 44.9 Å². The highest BCUT2D eigenvalue weighted by atomic mass is 15.3. The van der Waals surface area contributed by atoms with Gasteiger partial charge in [0.1, 0.15) is 12.2 Å². The van der Waals surface area contributed by atoms with E-state index in [2.05, 4.69) is 53.1 Å². The third-order valence-corrected chi connectivity index (χ3v) is 5.12. The molecule has 1 fully saturated rings. The highest BCUT2D eigenvalue weighted by Crippen LogP contribution is 2.17. The van der Waals surface area contributed by atoms with E-state index in [1.807, 2.05) is 0 Å². The number of aliphatic imine (C=N–C) groups is 1. The third-order valence-electron chi connectivity index (χ3n) is 5.12. The van der Waals surface area contributed by atoms with Crippen molar-refractivity contribution >= 4 is 5.96 Å². The van der Waals surface area contributed by atoms with Crippen LogP contribution in [0.25, 0.3) is 0 Å². The van der Waals surface area contributed by atoms with Crippen LogP contribution in [0.4, 0.5) is 0 Å². The summed E-state index contributed by atoms with van der Waals surface area (Å²) in [6, 6.07) is 1.02. The van der Waals surface area contributed by atoms with Crippen molar-refractivity contribution in [2.45, 2.75) is 97.7 Å². The maximum atomic E-state index is 4.84. The number of rotatable bonds is 10. The second-order valence-electron chi connectivity index (χ2n) is 8.02. The standard InChI is InChI=1S/C20H38N6/c1-5-19-25-22-15-26(19)14-13-21-20(24-18-11-6-7-12-18)23-17(4)10-8-9-16(2)3/h15-18H,5-14H2,1-4H3,(H2,21,23,24). The molecule has 1 heterocycles. The molecule has 0 spiro atoms. The summed E-state index contributed by atoms with van der Waals surface area (Å²) in [4.78, 5) is 4.84. The molecule has 0 bridgehead atoms. The first kappa shape index (κ1) is 20.7. The van der Waals surface area contributed by atoms with Crippen molar-refractivity contribution in [1.29, 1.82) is 0 Å². The molecule has 148 valence electrons. The molecule has 1 atom stereocenters. The van der Waals surface area contributed by atoms with E-state index in [-0.39, 0.29) is 0 Å². The zero-order valence-electron chi connectivity index (χ0n) is 17.2. The minimum absolute atomic E-state index is 0.447. The molecule has 1 aromatic rings. The largest absolute Gasteiger partial charge is 0.354 e. The quantitative estimate of drug-likeness (QED) is 0.493. The molecule has 1 aromatic heterocycles. The molecule has 6 heteroatoms. The Labute approximate surface area is 159 Å². The van der Waals surface area contributed by atoms with Gasteiger partial charge in [-0.2, -0.15) is 0 Å². The number of guanidine groups is 1. The summed E-state index contributed by atoms with van der Waals surface area (Å²) in [5.74, 6) is 2.78. The first-order valence-electron chi connectivity index (χ1n) is 10.5. The Morgan fingerprint density at radius 2 is 2.04 bits per heavy atom. The topological polar surface area (TPSA) is 67.1 Å². The first-order valence-corrected chi connectivity index (χ1v) is 10.5. The van der Waals surface area contributed by atoms with Crippen molar-refractivity contribution in [3.63, 3.8) is 0 Å². The molecule has 0 aliphatic heterocycles. The van der Waals surface area contributed by atoms with Crippen molar-refractivity contribution in [3.8, 4) is 0 Å². The van der Waals surface area contributed by atoms with Crippen molar-refractivity contribution in [2.75, 3.05) is 6.54 Å². The lowest BCUT2D eigenvalue weighted by atomic mass is 10.0. The molecule has 0 saturated heterocycles. The molecule has 0 aromatic carbocycles. The Morgan fingerprint density at radius 1 is 1.27 bits per heavy atom. The van der Waals surface area contributed by atoms with Gasteiger partial charge in [-0.15, -0.1) is 10.2 Å². The molecule has 0 amide bonds. The Kier molecular flexibility index (Phi) is 8.92. The lowest BCUT2D eigenvalue weighted by Gasteiger charge is -2.22. The van der Waals surface area contributed by atoms with Crippen molar-refractivity contribution in [1.82, 2.24) is 25.4 Å². The fraction of sp³-hybridized carbons (Fsp3) is 0.850. The zero-order chi connectivity index (χ0) is 18.8. The van der Waals surface area contributed by atoms with Gasteiger partial charge in [0.25, 0.3) is 0 Å². The zero-order valence-corrected chi connectivity index (χ0v) is 17.2. The number of nitrogens with one attached hydrogen (secondary N) is 2. The van der Waals surface area contributed by atoms with E-state index in [0.717, 1.165) is 37.2 Å². The maximum absolute atomic E-state index is 4.84. The Balaban J connectivity index is 1.86. The van der Waals surface area contributed by atoms with E-state index >= 15 is 0 Å². The highest BCUT2D eigenvalue weighted by Gasteiger charge is 2.17. The molecule has 6 nitrogen and oxygen atoms in total. The smallest absolute Gasteiger partial charge is 0.191 e. The van der Waals surface area contributed by atoms with Gasteiger partial charge in [-0.05, 0) is 32.1 Å². The lowest BCUT2D eigenvalue weighted by Crippen LogP contribution is -2.46. The number of aromatic nitrogens is 3. The molecule has 2 N–H and O–H groups in total. The third kappa shape index (κ3) is 7.34. The number of nitrogens with zero attached hydrogens (tertiary/aromatic N) is 4. The lowest BCUT2D eigenvalue weighted by molar-refractivity contribution is 0.487. The van der Waals surface area contributed by atoms with E-state index in [9.17, 15) is 0 Å². The molecule has 1 saturated carbocycles. The van der Waals surface area contributed by atoms with Gasteiger partial charge in [0.05, 0.1) is 6.54 Å². The van der Waals surface area contributed by atoms with E-state index < -0.39 is 0 Å². The maximum Gasteiger partial charge on any atom is 0.191 e. The average molecular weight is 363 g/mol. The Bertz CT molecular complexity index is 530. The van der Waals surface area contributed by atoms with Crippen LogP contribution in [0.3, 0.4) is 0 Å². The molecule has 2 rings (SSSR count). The van der Waals surface area contributed by atoms with Gasteiger partial charge in [-0.3, -0.25) is 4.99 Å². The fourth-order valence-electron chi connectivity index (χ4n) is 3.54. The van der Waals surface area contributed by atoms with E-state index in [0.29, 0.717) is 12.1 Å². The van der Waals surface area contributed by atoms with Crippen molar-refractivity contribution in [3.05, 3.63) is 12.2 Å². The monoisotopic (exact) mass is 362 g/mol. The van der Waals surface area contributed by atoms with Crippen molar-refractivity contribution in [2.24, 2.45) is 10.9 Å². The summed E-state index contributed by atoms with van der Waals surface area (Å²) >= 11 is 0. The molecule has 0 radical (unpaired) electrons. The molecular formula is C20H38N6. The van der Waals surface area contributed by atoms with Gasteiger partial charge in [0.2, 0.25) is 0 Å². The SMILES string of the molecule is CCc1nncn1CCN=C(NC(C)CCCC(C)C)NC1CCCC1. The van der Waals surface area contributed by atoms with Gasteiger partial charge in [0, 0.05) is 25.0 Å². The minimum Gasteiger partial charge on any atom is -0.354 e. The number of aryl methyl sites for hydroxylation is 1. The summed E-state index contributed by atoms with van der Waals surface area (Å²) in [6.45, 7) is 10.5. The average Bonchev–Trinajstić information content (AvgIpc) is 3.25. The second-order valence-corrected chi connectivity index (χ2v) is 8.02. The second kappa shape index (κ2) is 11.2. The Morgan fingerprint density at radius 3 is 2.73 bits per heavy atom. The molecule has 1 aliphatic carbocycles. The normalized spacial score (nSPS) is 17.0. The minimum atomic E-state index is 0.447. The molecule has 26 heavy (non-hydrogen) atoms. The van der Waals surface area contributed by atoms with E-state index in [4.69, 9.17) is 4.99 Å². The number of hydrogen-bond acceptors (Lipinski definition) is 3. The van der Waals surface area contributed by atoms with Crippen LogP contribution in [0.5, 0.6) is 0 Å². The highest BCUT2D eigenvalue weighted by molar-refractivity contribution is 5.80. The predicted octanol–water partition coefficient (Wildman–Crippen LogP) is 3.53. The Hall–Kier alpha value is -1.59. The van der Waals surface area contributed by atoms with Crippen LogP contribution in [0.2, 0.25) is 0 Å². The summed E-state index contributed by atoms with van der Waals surface area (Å²) in [5.41, 5.74) is 0. The summed E-state index contributed by atoms with van der Waals surface area (Å²) in [6.07, 6.45) is 11.6. The summed E-state index contributed by atoms with van der Waals surface area (Å²) < 4.78 is 2.10. The van der Waals surface area contributed by atoms with Crippen LogP contribution < -0.4 is 10.6 Å². The van der Waals surface area contributed by atoms with Gasteiger partial charge in [0.15, 0.2) is 5.96 Å². The van der Waals surface area contributed by atoms with Gasteiger partial charge in [-0.1, -0.05) is 46.5 Å². The fourth-order valence-corrected chi connectivity index (χ4v) is 3.54.